The summed E-state index contributed by atoms with van der Waals surface area (Å²) in [6.45, 7) is 9.20. The Morgan fingerprint density at radius 2 is 0.759 bits per heavy atom. The predicted molar refractivity (Wildman–Crippen MR) is 323 cm³/mol. The smallest absolute Gasteiger partial charge is 0.309 e. The van der Waals surface area contributed by atoms with E-state index in [1.165, 1.54) is 6.07 Å². The van der Waals surface area contributed by atoms with Gasteiger partial charge in [-0.3, -0.25) is 0 Å². The Kier molecular flexibility index (Phi) is 12.3. The van der Waals surface area contributed by atoms with E-state index in [1.807, 2.05) is 103 Å². The van der Waals surface area contributed by atoms with Crippen LogP contribution in [0, 0.1) is 58.8 Å². The summed E-state index contributed by atoms with van der Waals surface area (Å²) >= 11 is 0. The predicted octanol–water partition coefficient (Wildman–Crippen LogP) is 19.2. The number of hydrogen-bond acceptors (Lipinski definition) is 4. The number of nitrogens with zero attached hydrogens (tertiary/aromatic N) is 7. The molecular formula is C73H40F3N7. The molecule has 2 aromatic heterocycles. The van der Waals surface area contributed by atoms with Crippen molar-refractivity contribution in [1.82, 2.24) is 9.13 Å². The van der Waals surface area contributed by atoms with Crippen LogP contribution in [0.25, 0.3) is 127 Å². The van der Waals surface area contributed by atoms with Gasteiger partial charge in [0.05, 0.1) is 86.4 Å². The maximum absolute atomic E-state index is 14.9. The first-order valence-corrected chi connectivity index (χ1v) is 26.4. The zero-order valence-electron chi connectivity index (χ0n) is 44.1. The number of hydrogen-bond donors (Lipinski definition) is 0. The molecule has 0 N–H and O–H groups in total. The van der Waals surface area contributed by atoms with Crippen molar-refractivity contribution in [2.45, 2.75) is 13.1 Å². The lowest BCUT2D eigenvalue weighted by molar-refractivity contribution is -0.137. The van der Waals surface area contributed by atoms with Crippen LogP contribution in [0.15, 0.2) is 224 Å². The molecule has 0 aliphatic carbocycles. The topological polar surface area (TPSA) is 109 Å². The van der Waals surface area contributed by atoms with Gasteiger partial charge in [0.1, 0.15) is 0 Å². The molecule has 0 aliphatic rings. The number of alkyl halides is 3. The average Bonchev–Trinajstić information content (AvgIpc) is 2.45. The van der Waals surface area contributed by atoms with Gasteiger partial charge in [-0.25, -0.2) is 4.85 Å². The molecule has 0 atom stereocenters. The third-order valence-electron chi connectivity index (χ3n) is 15.5. The Labute approximate surface area is 475 Å². The van der Waals surface area contributed by atoms with Crippen LogP contribution in [0.3, 0.4) is 0 Å². The van der Waals surface area contributed by atoms with Crippen LogP contribution < -0.4 is 0 Å². The highest BCUT2D eigenvalue weighted by atomic mass is 19.4. The number of benzene rings is 11. The fraction of sp³-hybridized carbons (Fsp3) is 0.0274. The van der Waals surface area contributed by atoms with Crippen molar-refractivity contribution in [2.75, 3.05) is 0 Å². The molecule has 13 aromatic rings. The molecule has 0 saturated carbocycles. The van der Waals surface area contributed by atoms with Crippen molar-refractivity contribution < 1.29 is 13.2 Å². The fourth-order valence-electron chi connectivity index (χ4n) is 11.5. The number of halogens is 3. The minimum Gasteiger partial charge on any atom is -0.309 e. The first-order chi connectivity index (χ1) is 40.4. The van der Waals surface area contributed by atoms with E-state index in [0.717, 1.165) is 94.2 Å². The zero-order valence-corrected chi connectivity index (χ0v) is 44.1. The van der Waals surface area contributed by atoms with Crippen molar-refractivity contribution in [3.05, 3.63) is 269 Å². The molecule has 7 nitrogen and oxygen atoms in total. The molecule has 0 unspecified atom stereocenters. The van der Waals surface area contributed by atoms with Crippen molar-refractivity contribution in [2.24, 2.45) is 0 Å². The molecule has 2 heterocycles. The number of fused-ring (bicyclic) bond motifs is 6. The van der Waals surface area contributed by atoms with Gasteiger partial charge in [-0.05, 0) is 201 Å². The summed E-state index contributed by atoms with van der Waals surface area (Å²) in [5.74, 6) is 0. The third kappa shape index (κ3) is 9.04. The fourth-order valence-corrected chi connectivity index (χ4v) is 11.5. The summed E-state index contributed by atoms with van der Waals surface area (Å²) in [4.78, 5) is 3.59. The first kappa shape index (κ1) is 50.7. The van der Waals surface area contributed by atoms with Gasteiger partial charge in [0.15, 0.2) is 5.69 Å². The van der Waals surface area contributed by atoms with E-state index >= 15 is 0 Å². The van der Waals surface area contributed by atoms with E-state index in [2.05, 4.69) is 86.8 Å². The SMILES string of the molecule is [C-]#[N+]c1ccc(-c2ccc3c(c2)c2cc(-c4ccc(C#N)cc4)ccc2n3-c2ccc(-c3cc(C)cc(C(F)(F)F)c3)c(-c3cc(C#N)ccc3-n3c4ccc(-c5ccc(C#N)cc5)cc4c4cc(-c5ccc(C#N)cc5)ccc43)c2)cc1. The molecular weight excluding hydrogens is 1030 g/mol. The van der Waals surface area contributed by atoms with Gasteiger partial charge in [0, 0.05) is 32.8 Å². The Bertz CT molecular complexity index is 4820. The summed E-state index contributed by atoms with van der Waals surface area (Å²) in [6.07, 6.45) is -4.64. The van der Waals surface area contributed by atoms with Gasteiger partial charge in [-0.15, -0.1) is 0 Å². The number of nitriles is 4. The van der Waals surface area contributed by atoms with Gasteiger partial charge in [0.25, 0.3) is 0 Å². The Morgan fingerprint density at radius 1 is 0.361 bits per heavy atom. The third-order valence-corrected chi connectivity index (χ3v) is 15.5. The van der Waals surface area contributed by atoms with Crippen LogP contribution in [0.2, 0.25) is 0 Å². The summed E-state index contributed by atoms with van der Waals surface area (Å²) in [7, 11) is 0. The second-order valence-corrected chi connectivity index (χ2v) is 20.5. The molecule has 0 amide bonds. The summed E-state index contributed by atoms with van der Waals surface area (Å²) in [6, 6.07) is 79.0. The lowest BCUT2D eigenvalue weighted by Gasteiger charge is -2.20. The summed E-state index contributed by atoms with van der Waals surface area (Å²) in [5.41, 5.74) is 16.3. The van der Waals surface area contributed by atoms with E-state index in [1.54, 1.807) is 67.6 Å². The van der Waals surface area contributed by atoms with Gasteiger partial charge in [-0.1, -0.05) is 97.1 Å². The highest BCUT2D eigenvalue weighted by molar-refractivity contribution is 6.14. The van der Waals surface area contributed by atoms with E-state index in [9.17, 15) is 34.2 Å². The van der Waals surface area contributed by atoms with Gasteiger partial charge in [-0.2, -0.15) is 34.2 Å². The lowest BCUT2D eigenvalue weighted by atomic mass is 9.90. The molecule has 0 fully saturated rings. The van der Waals surface area contributed by atoms with E-state index < -0.39 is 11.7 Å². The average molecular weight is 1070 g/mol. The van der Waals surface area contributed by atoms with E-state index in [0.29, 0.717) is 67.1 Å². The van der Waals surface area contributed by atoms with Crippen LogP contribution in [-0.2, 0) is 6.18 Å². The van der Waals surface area contributed by atoms with Crippen molar-refractivity contribution in [3.63, 3.8) is 0 Å². The minimum absolute atomic E-state index is 0.344. The highest BCUT2D eigenvalue weighted by Crippen LogP contribution is 2.46. The highest BCUT2D eigenvalue weighted by Gasteiger charge is 2.32. The minimum atomic E-state index is -4.64. The van der Waals surface area contributed by atoms with Crippen LogP contribution >= 0.6 is 0 Å². The van der Waals surface area contributed by atoms with Crippen LogP contribution in [0.4, 0.5) is 18.9 Å². The van der Waals surface area contributed by atoms with E-state index in [4.69, 9.17) is 6.57 Å². The molecule has 83 heavy (non-hydrogen) atoms. The van der Waals surface area contributed by atoms with Crippen LogP contribution in [0.5, 0.6) is 0 Å². The lowest BCUT2D eigenvalue weighted by Crippen LogP contribution is -2.06. The largest absolute Gasteiger partial charge is 0.416 e. The molecule has 0 bridgehead atoms. The number of aryl methyl sites for hydroxylation is 1. The molecule has 0 radical (unpaired) electrons. The zero-order chi connectivity index (χ0) is 57.1. The van der Waals surface area contributed by atoms with Crippen LogP contribution in [-0.4, -0.2) is 9.13 Å². The molecule has 0 aliphatic heterocycles. The van der Waals surface area contributed by atoms with E-state index in [-0.39, 0.29) is 0 Å². The quantitative estimate of drug-likeness (QED) is 0.141. The molecule has 0 saturated heterocycles. The Morgan fingerprint density at radius 3 is 1.17 bits per heavy atom. The first-order valence-electron chi connectivity index (χ1n) is 26.4. The molecule has 0 spiro atoms. The van der Waals surface area contributed by atoms with Gasteiger partial charge < -0.3 is 9.13 Å². The maximum Gasteiger partial charge on any atom is 0.416 e. The Hall–Kier alpha value is -11.7. The molecule has 13 rings (SSSR count). The van der Waals surface area contributed by atoms with Crippen molar-refractivity contribution in [3.8, 4) is 102 Å². The number of rotatable bonds is 8. The maximum atomic E-state index is 14.9. The van der Waals surface area contributed by atoms with Gasteiger partial charge in [0.2, 0.25) is 0 Å². The summed E-state index contributed by atoms with van der Waals surface area (Å²) < 4.78 is 48.9. The molecule has 10 heteroatoms. The molecule has 11 aromatic carbocycles. The number of aromatic nitrogens is 2. The standard InChI is InChI=1S/C73H40F3N7/c1-44-31-57(34-58(32-44)73(74,75)76)61-25-24-60(82-68-27-18-53(49-10-3-45(40-77)4-11-49)35-64(68)65-36-56(19-28-69(65)82)52-16-22-59(81-2)23-17-52)39-62(61)63-33-48(43-80)9-26-70(63)83-71-29-20-54(50-12-5-46(41-78)6-13-50)37-66(71)67-38-55(21-30-72(67)83)51-14-7-47(42-79)8-15-51/h3-39H,1H3. The second-order valence-electron chi connectivity index (χ2n) is 20.5. The van der Waals surface area contributed by atoms with Crippen molar-refractivity contribution in [1.29, 1.82) is 21.0 Å². The normalized spacial score (nSPS) is 11.3. The summed E-state index contributed by atoms with van der Waals surface area (Å²) in [5, 5.41) is 43.2. The molecule has 388 valence electrons. The monoisotopic (exact) mass is 1070 g/mol. The van der Waals surface area contributed by atoms with Crippen molar-refractivity contribution >= 4 is 49.3 Å². The Balaban J connectivity index is 1.09. The second kappa shape index (κ2) is 20.2. The van der Waals surface area contributed by atoms with Crippen LogP contribution in [0.1, 0.15) is 33.4 Å². The van der Waals surface area contributed by atoms with Gasteiger partial charge >= 0.3 is 6.18 Å².